The number of thioether (sulfide) groups is 1. The van der Waals surface area contributed by atoms with E-state index in [0.29, 0.717) is 0 Å². The van der Waals surface area contributed by atoms with Crippen molar-refractivity contribution in [1.82, 2.24) is 0 Å². The van der Waals surface area contributed by atoms with Crippen molar-refractivity contribution in [3.8, 4) is 0 Å². The molecule has 0 radical (unpaired) electrons. The van der Waals surface area contributed by atoms with Crippen LogP contribution in [0.4, 0.5) is 0 Å². The maximum atomic E-state index is 4.29. The molecule has 0 aliphatic carbocycles. The van der Waals surface area contributed by atoms with E-state index in [9.17, 15) is 0 Å². The highest BCUT2D eigenvalue weighted by Gasteiger charge is 2.19. The summed E-state index contributed by atoms with van der Waals surface area (Å²) in [6.45, 7) is 8.12. The van der Waals surface area contributed by atoms with Crippen LogP contribution in [-0.2, 0) is 0 Å². The minimum absolute atomic E-state index is 0.0995. The normalized spacial score (nSPS) is 24.4. The molecule has 9 heavy (non-hydrogen) atoms. The molecule has 0 aromatic heterocycles. The molecule has 0 aromatic carbocycles. The van der Waals surface area contributed by atoms with Crippen LogP contribution < -0.4 is 0 Å². The first-order chi connectivity index (χ1) is 4.10. The second kappa shape index (κ2) is 2.18. The first kappa shape index (κ1) is 6.87. The van der Waals surface area contributed by atoms with Crippen LogP contribution in [0.5, 0.6) is 0 Å². The topological polar surface area (TPSA) is 12.4 Å². The lowest BCUT2D eigenvalue weighted by atomic mass is 10.0. The summed E-state index contributed by atoms with van der Waals surface area (Å²) in [6, 6.07) is 0. The quantitative estimate of drug-likeness (QED) is 0.504. The van der Waals surface area contributed by atoms with Gasteiger partial charge >= 0.3 is 0 Å². The number of aliphatic imine (C=N–C) groups is 1. The molecule has 0 saturated carbocycles. The molecule has 0 fully saturated rings. The molecule has 2 heteroatoms. The zero-order chi connectivity index (χ0) is 6.91. The van der Waals surface area contributed by atoms with Crippen LogP contribution in [0.15, 0.2) is 16.5 Å². The molecule has 1 heterocycles. The van der Waals surface area contributed by atoms with E-state index in [1.165, 1.54) is 4.91 Å². The van der Waals surface area contributed by atoms with Gasteiger partial charge in [0.15, 0.2) is 0 Å². The van der Waals surface area contributed by atoms with Gasteiger partial charge in [0.1, 0.15) is 0 Å². The van der Waals surface area contributed by atoms with Crippen molar-refractivity contribution < 1.29 is 0 Å². The monoisotopic (exact) mass is 141 g/mol. The van der Waals surface area contributed by atoms with Crippen molar-refractivity contribution >= 4 is 17.3 Å². The highest BCUT2D eigenvalue weighted by Crippen LogP contribution is 2.30. The van der Waals surface area contributed by atoms with Gasteiger partial charge in [0.25, 0.3) is 0 Å². The maximum Gasteiger partial charge on any atom is 0.0603 e. The second-order valence-electron chi connectivity index (χ2n) is 2.88. The summed E-state index contributed by atoms with van der Waals surface area (Å²) in [4.78, 5) is 5.51. The summed E-state index contributed by atoms with van der Waals surface area (Å²) in [5.41, 5.74) is 1.98. The molecule has 0 amide bonds. The zero-order valence-corrected chi connectivity index (χ0v) is 6.66. The van der Waals surface area contributed by atoms with Gasteiger partial charge < -0.3 is 0 Å². The summed E-state index contributed by atoms with van der Waals surface area (Å²) < 4.78 is 0. The van der Waals surface area contributed by atoms with Gasteiger partial charge in [-0.2, -0.15) is 0 Å². The fourth-order valence-electron chi connectivity index (χ4n) is 0.813. The maximum absolute atomic E-state index is 4.29. The van der Waals surface area contributed by atoms with Crippen molar-refractivity contribution in [2.24, 2.45) is 4.99 Å². The third-order valence-corrected chi connectivity index (χ3v) is 1.94. The Morgan fingerprint density at radius 3 is 2.78 bits per heavy atom. The molecule has 0 unspecified atom stereocenters. The standard InChI is InChI=1S/C7H11NS/c1-6-4-7(2,3)8-5-9-6/h5H,1,4H2,2-3H3. The predicted molar refractivity (Wildman–Crippen MR) is 43.9 cm³/mol. The predicted octanol–water partition coefficient (Wildman–Crippen LogP) is 2.44. The van der Waals surface area contributed by atoms with Crippen molar-refractivity contribution in [3.63, 3.8) is 0 Å². The molecule has 0 atom stereocenters. The summed E-state index contributed by atoms with van der Waals surface area (Å²) in [6.07, 6.45) is 1.01. The lowest BCUT2D eigenvalue weighted by molar-refractivity contribution is 0.529. The zero-order valence-electron chi connectivity index (χ0n) is 5.85. The third kappa shape index (κ3) is 1.86. The van der Waals surface area contributed by atoms with Gasteiger partial charge in [-0.1, -0.05) is 18.3 Å². The summed E-state index contributed by atoms with van der Waals surface area (Å²) >= 11 is 1.63. The highest BCUT2D eigenvalue weighted by molar-refractivity contribution is 8.15. The number of nitrogens with zero attached hydrogens (tertiary/aromatic N) is 1. The van der Waals surface area contributed by atoms with Crippen LogP contribution in [0.3, 0.4) is 0 Å². The Balaban J connectivity index is 2.71. The van der Waals surface area contributed by atoms with Gasteiger partial charge in [0, 0.05) is 6.42 Å². The van der Waals surface area contributed by atoms with E-state index in [2.05, 4.69) is 25.4 Å². The highest BCUT2D eigenvalue weighted by atomic mass is 32.2. The first-order valence-electron chi connectivity index (χ1n) is 2.98. The SMILES string of the molecule is C=C1CC(C)(C)N=CS1. The molecule has 0 aromatic rings. The van der Waals surface area contributed by atoms with Gasteiger partial charge in [0.05, 0.1) is 11.1 Å². The Hall–Kier alpha value is -0.240. The van der Waals surface area contributed by atoms with Gasteiger partial charge in [-0.25, -0.2) is 0 Å². The molecule has 0 saturated heterocycles. The lowest BCUT2D eigenvalue weighted by Crippen LogP contribution is -2.18. The van der Waals surface area contributed by atoms with Crippen LogP contribution in [0, 0.1) is 0 Å². The largest absolute Gasteiger partial charge is 0.280 e. The van der Waals surface area contributed by atoms with E-state index >= 15 is 0 Å². The van der Waals surface area contributed by atoms with E-state index < -0.39 is 0 Å². The molecule has 0 spiro atoms. The van der Waals surface area contributed by atoms with Crippen LogP contribution in [0.1, 0.15) is 20.3 Å². The fourth-order valence-corrected chi connectivity index (χ4v) is 1.74. The summed E-state index contributed by atoms with van der Waals surface area (Å²) in [5.74, 6) is 0. The van der Waals surface area contributed by atoms with Crippen LogP contribution in [-0.4, -0.2) is 11.1 Å². The van der Waals surface area contributed by atoms with E-state index in [-0.39, 0.29) is 5.54 Å². The smallest absolute Gasteiger partial charge is 0.0603 e. The molecule has 1 aliphatic heterocycles. The Morgan fingerprint density at radius 1 is 1.78 bits per heavy atom. The van der Waals surface area contributed by atoms with Crippen LogP contribution in [0.2, 0.25) is 0 Å². The van der Waals surface area contributed by atoms with E-state index in [4.69, 9.17) is 0 Å². The number of rotatable bonds is 0. The van der Waals surface area contributed by atoms with E-state index in [1.54, 1.807) is 11.8 Å². The molecular weight excluding hydrogens is 130 g/mol. The molecule has 50 valence electrons. The van der Waals surface area contributed by atoms with Crippen molar-refractivity contribution in [3.05, 3.63) is 11.5 Å². The van der Waals surface area contributed by atoms with Gasteiger partial charge in [-0.05, 0) is 18.8 Å². The molecule has 0 N–H and O–H groups in total. The Morgan fingerprint density at radius 2 is 2.44 bits per heavy atom. The third-order valence-electron chi connectivity index (χ3n) is 1.25. The Labute approximate surface area is 60.3 Å². The van der Waals surface area contributed by atoms with Crippen LogP contribution >= 0.6 is 11.8 Å². The first-order valence-corrected chi connectivity index (χ1v) is 3.86. The van der Waals surface area contributed by atoms with Crippen LogP contribution in [0.25, 0.3) is 0 Å². The molecule has 0 bridgehead atoms. The average molecular weight is 141 g/mol. The number of hydrogen-bond donors (Lipinski definition) is 0. The Kier molecular flexibility index (Phi) is 1.66. The minimum Gasteiger partial charge on any atom is -0.280 e. The summed E-state index contributed by atoms with van der Waals surface area (Å²) in [5, 5.41) is 0. The van der Waals surface area contributed by atoms with Crippen molar-refractivity contribution in [2.45, 2.75) is 25.8 Å². The molecule has 1 nitrogen and oxygen atoms in total. The minimum atomic E-state index is 0.0995. The summed E-state index contributed by atoms with van der Waals surface area (Å²) in [7, 11) is 0. The van der Waals surface area contributed by atoms with Crippen molar-refractivity contribution in [2.75, 3.05) is 0 Å². The Bertz CT molecular complexity index is 158. The average Bonchev–Trinajstić information content (AvgIpc) is 1.60. The van der Waals surface area contributed by atoms with Gasteiger partial charge in [0.2, 0.25) is 0 Å². The second-order valence-corrected chi connectivity index (χ2v) is 3.90. The fraction of sp³-hybridized carbons (Fsp3) is 0.571. The molecule has 1 aliphatic rings. The molecular formula is C7H11NS. The van der Waals surface area contributed by atoms with E-state index in [0.717, 1.165) is 6.42 Å². The molecule has 1 rings (SSSR count). The van der Waals surface area contributed by atoms with Crippen molar-refractivity contribution in [1.29, 1.82) is 0 Å². The van der Waals surface area contributed by atoms with Gasteiger partial charge in [-0.3, -0.25) is 4.99 Å². The van der Waals surface area contributed by atoms with Gasteiger partial charge in [-0.15, -0.1) is 0 Å². The number of hydrogen-bond acceptors (Lipinski definition) is 2. The van der Waals surface area contributed by atoms with E-state index in [1.807, 2.05) is 5.55 Å². The lowest BCUT2D eigenvalue weighted by Gasteiger charge is -2.23.